The molecule has 8 heteroatoms. The minimum Gasteiger partial charge on any atom is -0.496 e. The molecule has 4 N–H and O–H groups in total. The SMILES string of the molecule is COc1ccccc1C(=O)NC(c1ccccc1)(C1(c2ccccc2)CCNCC1)S(N)(=O)=O. The number of nitrogens with one attached hydrogen (secondary N) is 2. The average Bonchev–Trinajstić information content (AvgIpc) is 2.87. The van der Waals surface area contributed by atoms with Crippen LogP contribution in [0.15, 0.2) is 84.9 Å². The summed E-state index contributed by atoms with van der Waals surface area (Å²) in [5.41, 5.74) is 0.416. The fourth-order valence-corrected chi connectivity index (χ4v) is 6.73. The number of carbonyl (C=O) groups is 1. The molecular weight excluding hydrogens is 450 g/mol. The summed E-state index contributed by atoms with van der Waals surface area (Å²) in [5, 5.41) is 12.3. The Bertz CT molecular complexity index is 1240. The Morgan fingerprint density at radius 2 is 1.50 bits per heavy atom. The van der Waals surface area contributed by atoms with Gasteiger partial charge >= 0.3 is 0 Å². The van der Waals surface area contributed by atoms with Gasteiger partial charge in [0.05, 0.1) is 12.7 Å². The predicted molar refractivity (Wildman–Crippen MR) is 132 cm³/mol. The third-order valence-corrected chi connectivity index (χ3v) is 8.29. The third kappa shape index (κ3) is 3.98. The van der Waals surface area contributed by atoms with Crippen LogP contribution in [0, 0.1) is 0 Å². The van der Waals surface area contributed by atoms with Gasteiger partial charge in [-0.1, -0.05) is 72.8 Å². The number of piperidine rings is 1. The maximum atomic E-state index is 13.8. The van der Waals surface area contributed by atoms with Gasteiger partial charge in [0.1, 0.15) is 5.75 Å². The molecule has 3 aromatic carbocycles. The van der Waals surface area contributed by atoms with E-state index in [9.17, 15) is 13.2 Å². The number of carbonyl (C=O) groups excluding carboxylic acids is 1. The number of benzene rings is 3. The molecule has 178 valence electrons. The molecule has 1 saturated heterocycles. The first-order valence-corrected chi connectivity index (χ1v) is 12.7. The van der Waals surface area contributed by atoms with Crippen LogP contribution < -0.4 is 20.5 Å². The van der Waals surface area contributed by atoms with E-state index < -0.39 is 26.2 Å². The second-order valence-electron chi connectivity index (χ2n) is 8.44. The summed E-state index contributed by atoms with van der Waals surface area (Å²) in [7, 11) is -2.94. The van der Waals surface area contributed by atoms with Crippen molar-refractivity contribution in [2.45, 2.75) is 23.1 Å². The van der Waals surface area contributed by atoms with Crippen LogP contribution in [-0.2, 0) is 20.3 Å². The Morgan fingerprint density at radius 1 is 0.941 bits per heavy atom. The summed E-state index contributed by atoms with van der Waals surface area (Å²) in [4.78, 5) is 11.8. The number of methoxy groups -OCH3 is 1. The quantitative estimate of drug-likeness (QED) is 0.483. The van der Waals surface area contributed by atoms with Crippen molar-refractivity contribution in [2.24, 2.45) is 5.14 Å². The Labute approximate surface area is 200 Å². The van der Waals surface area contributed by atoms with Crippen LogP contribution >= 0.6 is 0 Å². The number of para-hydroxylation sites is 1. The maximum Gasteiger partial charge on any atom is 0.256 e. The zero-order valence-electron chi connectivity index (χ0n) is 19.0. The predicted octanol–water partition coefficient (Wildman–Crippen LogP) is 2.89. The van der Waals surface area contributed by atoms with Crippen molar-refractivity contribution in [3.8, 4) is 5.75 Å². The summed E-state index contributed by atoms with van der Waals surface area (Å²) >= 11 is 0. The summed E-state index contributed by atoms with van der Waals surface area (Å²) in [6.45, 7) is 1.15. The first-order valence-electron chi connectivity index (χ1n) is 11.2. The van der Waals surface area contributed by atoms with Crippen LogP contribution in [0.3, 0.4) is 0 Å². The Morgan fingerprint density at radius 3 is 2.09 bits per heavy atom. The van der Waals surface area contributed by atoms with Crippen molar-refractivity contribution in [3.05, 3.63) is 102 Å². The van der Waals surface area contributed by atoms with E-state index in [1.165, 1.54) is 7.11 Å². The summed E-state index contributed by atoms with van der Waals surface area (Å²) in [6, 6.07) is 24.9. The molecule has 1 heterocycles. The lowest BCUT2D eigenvalue weighted by Gasteiger charge is -2.52. The molecule has 3 aromatic rings. The summed E-state index contributed by atoms with van der Waals surface area (Å²) in [6.07, 6.45) is 0.906. The molecule has 1 fully saturated rings. The molecule has 0 saturated carbocycles. The number of rotatable bonds is 7. The first-order chi connectivity index (χ1) is 16.4. The number of ether oxygens (including phenoxy) is 1. The molecular formula is C26H29N3O4S. The number of sulfonamides is 1. The molecule has 4 rings (SSSR count). The third-order valence-electron chi connectivity index (χ3n) is 6.71. The summed E-state index contributed by atoms with van der Waals surface area (Å²) in [5.74, 6) is -0.236. The normalized spacial score (nSPS) is 17.4. The van der Waals surface area contributed by atoms with E-state index in [-0.39, 0.29) is 5.56 Å². The zero-order valence-corrected chi connectivity index (χ0v) is 19.8. The molecule has 0 bridgehead atoms. The number of hydrogen-bond acceptors (Lipinski definition) is 5. The second kappa shape index (κ2) is 9.58. The Hall–Kier alpha value is -3.20. The van der Waals surface area contributed by atoms with Crippen LogP contribution in [0.25, 0.3) is 0 Å². The van der Waals surface area contributed by atoms with Gasteiger partial charge in [-0.25, -0.2) is 13.6 Å². The lowest BCUT2D eigenvalue weighted by atomic mass is 9.65. The summed E-state index contributed by atoms with van der Waals surface area (Å²) < 4.78 is 32.9. The topological polar surface area (TPSA) is 111 Å². The van der Waals surface area contributed by atoms with Gasteiger partial charge in [-0.2, -0.15) is 0 Å². The molecule has 0 spiro atoms. The fourth-order valence-electron chi connectivity index (χ4n) is 5.16. The van der Waals surface area contributed by atoms with E-state index in [0.29, 0.717) is 37.2 Å². The van der Waals surface area contributed by atoms with Crippen molar-refractivity contribution in [1.82, 2.24) is 10.6 Å². The van der Waals surface area contributed by atoms with Gasteiger partial charge in [-0.15, -0.1) is 0 Å². The minimum atomic E-state index is -4.41. The van der Waals surface area contributed by atoms with Crippen LogP contribution in [0.1, 0.15) is 34.3 Å². The van der Waals surface area contributed by atoms with Gasteiger partial charge < -0.3 is 15.4 Å². The molecule has 7 nitrogen and oxygen atoms in total. The molecule has 1 aliphatic rings. The van der Waals surface area contributed by atoms with E-state index in [4.69, 9.17) is 9.88 Å². The molecule has 1 amide bonds. The second-order valence-corrected chi connectivity index (χ2v) is 10.1. The fraction of sp³-hybridized carbons (Fsp3) is 0.269. The van der Waals surface area contributed by atoms with Crippen LogP contribution in [0.2, 0.25) is 0 Å². The van der Waals surface area contributed by atoms with E-state index in [1.54, 1.807) is 54.6 Å². The number of primary sulfonamides is 1. The van der Waals surface area contributed by atoms with E-state index >= 15 is 0 Å². The van der Waals surface area contributed by atoms with Gasteiger partial charge in [-0.3, -0.25) is 4.79 Å². The van der Waals surface area contributed by atoms with Gasteiger partial charge in [0.15, 0.2) is 4.87 Å². The van der Waals surface area contributed by atoms with Gasteiger partial charge in [-0.05, 0) is 49.2 Å². The molecule has 0 aliphatic carbocycles. The zero-order chi connectivity index (χ0) is 24.2. The van der Waals surface area contributed by atoms with Crippen molar-refractivity contribution >= 4 is 15.9 Å². The van der Waals surface area contributed by atoms with Crippen molar-refractivity contribution in [2.75, 3.05) is 20.2 Å². The smallest absolute Gasteiger partial charge is 0.256 e. The molecule has 1 aliphatic heterocycles. The first kappa shape index (κ1) is 23.9. The van der Waals surface area contributed by atoms with E-state index in [0.717, 1.165) is 5.56 Å². The molecule has 0 radical (unpaired) electrons. The lowest BCUT2D eigenvalue weighted by Crippen LogP contribution is -2.68. The highest BCUT2D eigenvalue weighted by Crippen LogP contribution is 2.51. The standard InChI is InChI=1S/C26H29N3O4S/c1-33-23-15-9-8-14-22(23)24(30)29-26(34(27,31)32,21-12-6-3-7-13-21)25(16-18-28-19-17-25)20-10-4-2-5-11-20/h2-15,28H,16-19H2,1H3,(H,29,30)(H2,27,31,32). The average molecular weight is 480 g/mol. The van der Waals surface area contributed by atoms with Gasteiger partial charge in [0.25, 0.3) is 5.91 Å². The van der Waals surface area contributed by atoms with E-state index in [1.807, 2.05) is 30.3 Å². The lowest BCUT2D eigenvalue weighted by molar-refractivity contribution is 0.0859. The minimum absolute atomic E-state index is 0.228. The molecule has 34 heavy (non-hydrogen) atoms. The molecule has 1 unspecified atom stereocenters. The number of nitrogens with two attached hydrogens (primary N) is 1. The Balaban J connectivity index is 2.02. The highest BCUT2D eigenvalue weighted by molar-refractivity contribution is 7.90. The maximum absolute atomic E-state index is 13.8. The van der Waals surface area contributed by atoms with Crippen molar-refractivity contribution in [1.29, 1.82) is 0 Å². The van der Waals surface area contributed by atoms with Crippen molar-refractivity contribution in [3.63, 3.8) is 0 Å². The molecule has 1 atom stereocenters. The highest BCUT2D eigenvalue weighted by atomic mass is 32.2. The van der Waals surface area contributed by atoms with E-state index in [2.05, 4.69) is 10.6 Å². The number of amides is 1. The monoisotopic (exact) mass is 479 g/mol. The van der Waals surface area contributed by atoms with Gasteiger partial charge in [0, 0.05) is 5.41 Å². The van der Waals surface area contributed by atoms with Gasteiger partial charge in [0.2, 0.25) is 10.0 Å². The highest BCUT2D eigenvalue weighted by Gasteiger charge is 2.61. The largest absolute Gasteiger partial charge is 0.496 e. The van der Waals surface area contributed by atoms with Crippen LogP contribution in [0.5, 0.6) is 5.75 Å². The van der Waals surface area contributed by atoms with Crippen LogP contribution in [-0.4, -0.2) is 34.5 Å². The Kier molecular flexibility index (Phi) is 6.74. The van der Waals surface area contributed by atoms with Crippen molar-refractivity contribution < 1.29 is 17.9 Å². The van der Waals surface area contributed by atoms with Crippen LogP contribution in [0.4, 0.5) is 0 Å². The number of hydrogen-bond donors (Lipinski definition) is 3. The molecule has 0 aromatic heterocycles.